The largest absolute Gasteiger partial charge is 0.380 e. The first kappa shape index (κ1) is 16.4. The summed E-state index contributed by atoms with van der Waals surface area (Å²) >= 11 is 3.32. The Morgan fingerprint density at radius 2 is 1.95 bits per heavy atom. The van der Waals surface area contributed by atoms with E-state index in [2.05, 4.69) is 27.2 Å². The van der Waals surface area contributed by atoms with Crippen LogP contribution in [0.5, 0.6) is 0 Å². The summed E-state index contributed by atoms with van der Waals surface area (Å²) in [5, 5.41) is 0.706. The zero-order chi connectivity index (χ0) is 14.1. The first-order valence-electron chi connectivity index (χ1n) is 5.93. The Morgan fingerprint density at radius 1 is 1.26 bits per heavy atom. The molecule has 106 valence electrons. The van der Waals surface area contributed by atoms with Crippen molar-refractivity contribution in [1.82, 2.24) is 4.72 Å². The molecule has 0 heterocycles. The van der Waals surface area contributed by atoms with Crippen molar-refractivity contribution in [2.24, 2.45) is 0 Å². The fourth-order valence-electron chi connectivity index (χ4n) is 1.36. The number of hydrogen-bond acceptors (Lipinski definition) is 3. The molecule has 1 aromatic carbocycles. The molecule has 4 nitrogen and oxygen atoms in total. The standard InChI is InChI=1S/C13H18BrNO3S/c1-2-3-9-18-10-8-15-19(16,17)13-6-4-12(11-14)5-7-13/h2,4-7,15H,1,3,8-11H2. The molecule has 0 amide bonds. The zero-order valence-corrected chi connectivity index (χ0v) is 13.0. The second-order valence-electron chi connectivity index (χ2n) is 3.87. The summed E-state index contributed by atoms with van der Waals surface area (Å²) in [6.07, 6.45) is 2.52. The molecule has 6 heteroatoms. The van der Waals surface area contributed by atoms with Gasteiger partial charge in [-0.05, 0) is 24.1 Å². The Balaban J connectivity index is 2.44. The van der Waals surface area contributed by atoms with Crippen LogP contribution >= 0.6 is 15.9 Å². The van der Waals surface area contributed by atoms with E-state index < -0.39 is 10.0 Å². The van der Waals surface area contributed by atoms with E-state index in [0.717, 1.165) is 12.0 Å². The lowest BCUT2D eigenvalue weighted by atomic mass is 10.2. The summed E-state index contributed by atoms with van der Waals surface area (Å²) in [6.45, 7) is 4.75. The predicted molar refractivity (Wildman–Crippen MR) is 79.9 cm³/mol. The molecular weight excluding hydrogens is 330 g/mol. The van der Waals surface area contributed by atoms with E-state index in [9.17, 15) is 8.42 Å². The Kier molecular flexibility index (Phi) is 7.30. The van der Waals surface area contributed by atoms with Gasteiger partial charge in [0.25, 0.3) is 0 Å². The third-order valence-electron chi connectivity index (χ3n) is 2.39. The average Bonchev–Trinajstić information content (AvgIpc) is 2.43. The van der Waals surface area contributed by atoms with Crippen molar-refractivity contribution in [3.63, 3.8) is 0 Å². The van der Waals surface area contributed by atoms with E-state index in [1.54, 1.807) is 30.3 Å². The van der Waals surface area contributed by atoms with Crippen LogP contribution in [0.3, 0.4) is 0 Å². The molecule has 0 bridgehead atoms. The molecule has 0 spiro atoms. The van der Waals surface area contributed by atoms with Gasteiger partial charge in [-0.1, -0.05) is 34.1 Å². The van der Waals surface area contributed by atoms with Crippen molar-refractivity contribution in [2.45, 2.75) is 16.6 Å². The van der Waals surface area contributed by atoms with E-state index in [0.29, 0.717) is 18.5 Å². The molecule has 0 aliphatic heterocycles. The molecule has 0 saturated carbocycles. The van der Waals surface area contributed by atoms with Gasteiger partial charge in [0.2, 0.25) is 10.0 Å². The number of halogens is 1. The second kappa shape index (κ2) is 8.47. The second-order valence-corrected chi connectivity index (χ2v) is 6.19. The molecule has 0 saturated heterocycles. The lowest BCUT2D eigenvalue weighted by Crippen LogP contribution is -2.27. The number of ether oxygens (including phenoxy) is 1. The van der Waals surface area contributed by atoms with Gasteiger partial charge in [0.15, 0.2) is 0 Å². The summed E-state index contributed by atoms with van der Waals surface area (Å²) in [7, 11) is -3.44. The van der Waals surface area contributed by atoms with Gasteiger partial charge in [-0.2, -0.15) is 0 Å². The third-order valence-corrected chi connectivity index (χ3v) is 4.52. The van der Waals surface area contributed by atoms with Crippen LogP contribution in [-0.2, 0) is 20.1 Å². The van der Waals surface area contributed by atoms with Gasteiger partial charge in [-0.3, -0.25) is 0 Å². The quantitative estimate of drug-likeness (QED) is 0.424. The lowest BCUT2D eigenvalue weighted by molar-refractivity contribution is 0.144. The van der Waals surface area contributed by atoms with Crippen LogP contribution in [0.4, 0.5) is 0 Å². The number of nitrogens with one attached hydrogen (secondary N) is 1. The van der Waals surface area contributed by atoms with Gasteiger partial charge in [0.05, 0.1) is 18.1 Å². The van der Waals surface area contributed by atoms with E-state index >= 15 is 0 Å². The monoisotopic (exact) mass is 347 g/mol. The highest BCUT2D eigenvalue weighted by atomic mass is 79.9. The maximum absolute atomic E-state index is 11.9. The van der Waals surface area contributed by atoms with Gasteiger partial charge in [-0.15, -0.1) is 6.58 Å². The van der Waals surface area contributed by atoms with Crippen molar-refractivity contribution in [1.29, 1.82) is 0 Å². The number of rotatable bonds is 9. The minimum absolute atomic E-state index is 0.264. The number of sulfonamides is 1. The van der Waals surface area contributed by atoms with Crippen LogP contribution in [0.15, 0.2) is 41.8 Å². The highest BCUT2D eigenvalue weighted by Crippen LogP contribution is 2.12. The minimum atomic E-state index is -3.44. The summed E-state index contributed by atoms with van der Waals surface area (Å²) in [5.74, 6) is 0. The van der Waals surface area contributed by atoms with Crippen molar-refractivity contribution in [3.8, 4) is 0 Å². The molecule has 0 aliphatic rings. The van der Waals surface area contributed by atoms with Gasteiger partial charge in [-0.25, -0.2) is 13.1 Å². The number of alkyl halides is 1. The molecule has 19 heavy (non-hydrogen) atoms. The summed E-state index contributed by atoms with van der Waals surface area (Å²) < 4.78 is 31.6. The van der Waals surface area contributed by atoms with Crippen molar-refractivity contribution >= 4 is 26.0 Å². The van der Waals surface area contributed by atoms with Gasteiger partial charge >= 0.3 is 0 Å². The van der Waals surface area contributed by atoms with Crippen molar-refractivity contribution in [2.75, 3.05) is 19.8 Å². The Hall–Kier alpha value is -0.690. The molecule has 0 unspecified atom stereocenters. The normalized spacial score (nSPS) is 11.4. The van der Waals surface area contributed by atoms with E-state index in [1.807, 2.05) is 0 Å². The van der Waals surface area contributed by atoms with E-state index in [4.69, 9.17) is 4.74 Å². The first-order chi connectivity index (χ1) is 9.10. The number of benzene rings is 1. The lowest BCUT2D eigenvalue weighted by Gasteiger charge is -2.07. The van der Waals surface area contributed by atoms with Gasteiger partial charge in [0, 0.05) is 11.9 Å². The number of hydrogen-bond donors (Lipinski definition) is 1. The molecule has 1 aromatic rings. The smallest absolute Gasteiger partial charge is 0.240 e. The maximum Gasteiger partial charge on any atom is 0.240 e. The molecule has 0 fully saturated rings. The molecule has 1 rings (SSSR count). The zero-order valence-electron chi connectivity index (χ0n) is 10.6. The molecule has 1 N–H and O–H groups in total. The molecule has 0 radical (unpaired) electrons. The molecule has 0 atom stereocenters. The van der Waals surface area contributed by atoms with Crippen LogP contribution in [0, 0.1) is 0 Å². The Labute approximate surface area is 123 Å². The first-order valence-corrected chi connectivity index (χ1v) is 8.54. The Bertz CT molecular complexity index is 485. The topological polar surface area (TPSA) is 55.4 Å². The van der Waals surface area contributed by atoms with Crippen LogP contribution in [-0.4, -0.2) is 28.2 Å². The van der Waals surface area contributed by atoms with E-state index in [1.165, 1.54) is 0 Å². The van der Waals surface area contributed by atoms with Crippen molar-refractivity contribution < 1.29 is 13.2 Å². The summed E-state index contributed by atoms with van der Waals surface area (Å²) in [4.78, 5) is 0.267. The van der Waals surface area contributed by atoms with Crippen LogP contribution in [0.25, 0.3) is 0 Å². The van der Waals surface area contributed by atoms with Crippen LogP contribution in [0.1, 0.15) is 12.0 Å². The van der Waals surface area contributed by atoms with Gasteiger partial charge < -0.3 is 4.74 Å². The predicted octanol–water partition coefficient (Wildman–Crippen LogP) is 2.45. The van der Waals surface area contributed by atoms with Crippen molar-refractivity contribution in [3.05, 3.63) is 42.5 Å². The average molecular weight is 348 g/mol. The highest BCUT2D eigenvalue weighted by Gasteiger charge is 2.12. The third kappa shape index (κ3) is 5.86. The van der Waals surface area contributed by atoms with Crippen LogP contribution < -0.4 is 4.72 Å². The van der Waals surface area contributed by atoms with Gasteiger partial charge in [0.1, 0.15) is 0 Å². The maximum atomic E-state index is 11.9. The van der Waals surface area contributed by atoms with E-state index in [-0.39, 0.29) is 11.4 Å². The molecule has 0 aromatic heterocycles. The Morgan fingerprint density at radius 3 is 2.53 bits per heavy atom. The SMILES string of the molecule is C=CCCOCCNS(=O)(=O)c1ccc(CBr)cc1. The fourth-order valence-corrected chi connectivity index (χ4v) is 2.74. The fraction of sp³-hybridized carbons (Fsp3) is 0.385. The molecule has 0 aliphatic carbocycles. The molecular formula is C13H18BrNO3S. The summed E-state index contributed by atoms with van der Waals surface area (Å²) in [5.41, 5.74) is 1.03. The van der Waals surface area contributed by atoms with Crippen LogP contribution in [0.2, 0.25) is 0 Å². The summed E-state index contributed by atoms with van der Waals surface area (Å²) in [6, 6.07) is 6.75. The minimum Gasteiger partial charge on any atom is -0.380 e. The highest BCUT2D eigenvalue weighted by molar-refractivity contribution is 9.08.